The Labute approximate surface area is 127 Å². The molecule has 0 radical (unpaired) electrons. The average molecular weight is 338 g/mol. The second kappa shape index (κ2) is 5.13. The molecule has 1 saturated carbocycles. The fourth-order valence-corrected chi connectivity index (χ4v) is 5.43. The molecule has 1 saturated heterocycles. The molecule has 3 rings (SSSR count). The Morgan fingerprint density at radius 3 is 2.65 bits per heavy atom. The van der Waals surface area contributed by atoms with E-state index in [4.69, 9.17) is 23.2 Å². The Kier molecular flexibility index (Phi) is 3.73. The number of fused-ring (bicyclic) bond motifs is 2. The number of hydrogen-bond donors (Lipinski definition) is 0. The summed E-state index contributed by atoms with van der Waals surface area (Å²) in [5.41, 5.74) is 0.302. The standard InChI is InChI=1S/C13H14Cl2FNO2S/c14-6-9-4-11(5-12(16)13(9)15)20(18,19)17-7-8-1-2-10(17)3-8/h4-5,8,10H,1-3,6-7H2. The highest BCUT2D eigenvalue weighted by Gasteiger charge is 2.44. The van der Waals surface area contributed by atoms with Crippen molar-refractivity contribution in [3.05, 3.63) is 28.5 Å². The summed E-state index contributed by atoms with van der Waals surface area (Å²) in [5.74, 6) is -0.322. The Balaban J connectivity index is 2.01. The SMILES string of the molecule is O=S(=O)(c1cc(F)c(Cl)c(CCl)c1)N1CC2CCC1C2. The number of rotatable bonds is 3. The van der Waals surface area contributed by atoms with Gasteiger partial charge in [-0.2, -0.15) is 4.31 Å². The summed E-state index contributed by atoms with van der Waals surface area (Å²) < 4.78 is 40.5. The van der Waals surface area contributed by atoms with Gasteiger partial charge in [-0.25, -0.2) is 12.8 Å². The van der Waals surface area contributed by atoms with Crippen molar-refractivity contribution in [2.24, 2.45) is 5.92 Å². The van der Waals surface area contributed by atoms with Gasteiger partial charge in [-0.1, -0.05) is 11.6 Å². The number of sulfonamides is 1. The predicted octanol–water partition coefficient (Wildman–Crippen LogP) is 3.39. The lowest BCUT2D eigenvalue weighted by atomic mass is 10.1. The molecule has 0 amide bonds. The summed E-state index contributed by atoms with van der Waals surface area (Å²) >= 11 is 11.5. The molecule has 0 spiro atoms. The summed E-state index contributed by atoms with van der Waals surface area (Å²) in [7, 11) is -3.67. The van der Waals surface area contributed by atoms with Gasteiger partial charge < -0.3 is 0 Å². The molecule has 110 valence electrons. The van der Waals surface area contributed by atoms with Gasteiger partial charge in [-0.05, 0) is 42.9 Å². The molecule has 2 atom stereocenters. The highest BCUT2D eigenvalue weighted by Crippen LogP contribution is 2.41. The van der Waals surface area contributed by atoms with E-state index in [9.17, 15) is 12.8 Å². The first-order valence-electron chi connectivity index (χ1n) is 6.49. The monoisotopic (exact) mass is 337 g/mol. The van der Waals surface area contributed by atoms with Gasteiger partial charge in [0.05, 0.1) is 9.92 Å². The van der Waals surface area contributed by atoms with Crippen LogP contribution in [0.25, 0.3) is 0 Å². The molecular weight excluding hydrogens is 324 g/mol. The first kappa shape index (κ1) is 14.6. The third kappa shape index (κ3) is 2.25. The van der Waals surface area contributed by atoms with Crippen molar-refractivity contribution in [3.8, 4) is 0 Å². The van der Waals surface area contributed by atoms with E-state index in [0.29, 0.717) is 18.0 Å². The maximum atomic E-state index is 13.8. The topological polar surface area (TPSA) is 37.4 Å². The second-order valence-electron chi connectivity index (χ2n) is 5.42. The van der Waals surface area contributed by atoms with Crippen LogP contribution >= 0.6 is 23.2 Å². The molecule has 1 aromatic carbocycles. The summed E-state index contributed by atoms with van der Waals surface area (Å²) in [6.45, 7) is 0.535. The largest absolute Gasteiger partial charge is 0.243 e. The van der Waals surface area contributed by atoms with Gasteiger partial charge in [-0.3, -0.25) is 0 Å². The van der Waals surface area contributed by atoms with Gasteiger partial charge in [0.1, 0.15) is 5.82 Å². The van der Waals surface area contributed by atoms with Crippen molar-refractivity contribution in [1.29, 1.82) is 0 Å². The van der Waals surface area contributed by atoms with Gasteiger partial charge >= 0.3 is 0 Å². The molecular formula is C13H14Cl2FNO2S. The van der Waals surface area contributed by atoms with Crippen LogP contribution in [0, 0.1) is 11.7 Å². The molecule has 20 heavy (non-hydrogen) atoms. The minimum atomic E-state index is -3.67. The molecule has 0 aromatic heterocycles. The molecule has 1 aliphatic heterocycles. The van der Waals surface area contributed by atoms with Crippen LogP contribution in [0.2, 0.25) is 5.02 Å². The van der Waals surface area contributed by atoms with Crippen LogP contribution in [0.5, 0.6) is 0 Å². The molecule has 1 aromatic rings. The molecule has 3 nitrogen and oxygen atoms in total. The summed E-state index contributed by atoms with van der Waals surface area (Å²) in [6, 6.07) is 2.42. The zero-order valence-electron chi connectivity index (χ0n) is 10.7. The number of piperidine rings is 1. The van der Waals surface area contributed by atoms with Gasteiger partial charge in [-0.15, -0.1) is 11.6 Å². The Hall–Kier alpha value is -0.360. The lowest BCUT2D eigenvalue weighted by molar-refractivity contribution is 0.333. The van der Waals surface area contributed by atoms with Crippen molar-refractivity contribution in [3.63, 3.8) is 0 Å². The Morgan fingerprint density at radius 1 is 1.35 bits per heavy atom. The third-order valence-electron chi connectivity index (χ3n) is 4.19. The van der Waals surface area contributed by atoms with E-state index in [1.807, 2.05) is 0 Å². The molecule has 7 heteroatoms. The van der Waals surface area contributed by atoms with Gasteiger partial charge in [0.25, 0.3) is 0 Å². The van der Waals surface area contributed by atoms with E-state index in [2.05, 4.69) is 0 Å². The first-order chi connectivity index (χ1) is 9.43. The number of benzene rings is 1. The molecule has 1 heterocycles. The number of alkyl halides is 1. The van der Waals surface area contributed by atoms with Crippen molar-refractivity contribution < 1.29 is 12.8 Å². The van der Waals surface area contributed by atoms with E-state index in [0.717, 1.165) is 25.3 Å². The second-order valence-corrected chi connectivity index (χ2v) is 7.96. The van der Waals surface area contributed by atoms with Crippen LogP contribution in [0.15, 0.2) is 17.0 Å². The highest BCUT2D eigenvalue weighted by molar-refractivity contribution is 7.89. The van der Waals surface area contributed by atoms with E-state index in [1.165, 1.54) is 10.4 Å². The molecule has 1 aliphatic carbocycles. The molecule has 2 aliphatic rings. The number of hydrogen-bond acceptors (Lipinski definition) is 2. The van der Waals surface area contributed by atoms with Gasteiger partial charge in [0, 0.05) is 18.5 Å². The normalized spacial score (nSPS) is 26.4. The number of nitrogens with zero attached hydrogens (tertiary/aromatic N) is 1. The van der Waals surface area contributed by atoms with Crippen LogP contribution in [-0.2, 0) is 15.9 Å². The molecule has 2 bridgehead atoms. The van der Waals surface area contributed by atoms with Gasteiger partial charge in [0.2, 0.25) is 10.0 Å². The van der Waals surface area contributed by atoms with Crippen molar-refractivity contribution in [2.45, 2.75) is 36.1 Å². The highest BCUT2D eigenvalue weighted by atomic mass is 35.5. The lowest BCUT2D eigenvalue weighted by Gasteiger charge is -2.26. The molecule has 2 fully saturated rings. The molecule has 0 N–H and O–H groups in total. The lowest BCUT2D eigenvalue weighted by Crippen LogP contribution is -2.37. The maximum absolute atomic E-state index is 13.8. The van der Waals surface area contributed by atoms with E-state index in [1.54, 1.807) is 0 Å². The van der Waals surface area contributed by atoms with Crippen LogP contribution in [0.3, 0.4) is 0 Å². The third-order valence-corrected chi connectivity index (χ3v) is 6.79. The zero-order chi connectivity index (χ0) is 14.5. The zero-order valence-corrected chi connectivity index (χ0v) is 13.0. The maximum Gasteiger partial charge on any atom is 0.243 e. The quantitative estimate of drug-likeness (QED) is 0.793. The fourth-order valence-electron chi connectivity index (χ4n) is 3.17. The first-order valence-corrected chi connectivity index (χ1v) is 8.84. The molecule has 2 unspecified atom stereocenters. The fraction of sp³-hybridized carbons (Fsp3) is 0.538. The van der Waals surface area contributed by atoms with Crippen LogP contribution in [0.1, 0.15) is 24.8 Å². The van der Waals surface area contributed by atoms with Crippen molar-refractivity contribution in [1.82, 2.24) is 4.31 Å². The van der Waals surface area contributed by atoms with Crippen molar-refractivity contribution >= 4 is 33.2 Å². The Morgan fingerprint density at radius 2 is 2.10 bits per heavy atom. The smallest absolute Gasteiger partial charge is 0.207 e. The van der Waals surface area contributed by atoms with Crippen molar-refractivity contribution in [2.75, 3.05) is 6.54 Å². The Bertz CT molecular complexity index is 650. The van der Waals surface area contributed by atoms with E-state index >= 15 is 0 Å². The van der Waals surface area contributed by atoms with E-state index in [-0.39, 0.29) is 21.8 Å². The summed E-state index contributed by atoms with van der Waals surface area (Å²) in [5, 5.41) is -0.109. The summed E-state index contributed by atoms with van der Waals surface area (Å²) in [4.78, 5) is -0.0531. The summed E-state index contributed by atoms with van der Waals surface area (Å²) in [6.07, 6.45) is 2.89. The van der Waals surface area contributed by atoms with Crippen LogP contribution < -0.4 is 0 Å². The van der Waals surface area contributed by atoms with E-state index < -0.39 is 15.8 Å². The van der Waals surface area contributed by atoms with Crippen LogP contribution in [-0.4, -0.2) is 25.3 Å². The number of halogens is 3. The van der Waals surface area contributed by atoms with Gasteiger partial charge in [0.15, 0.2) is 0 Å². The average Bonchev–Trinajstić information content (AvgIpc) is 3.04. The minimum Gasteiger partial charge on any atom is -0.207 e. The predicted molar refractivity (Wildman–Crippen MR) is 76.0 cm³/mol. The minimum absolute atomic E-state index is 0.0227. The van der Waals surface area contributed by atoms with Crippen LogP contribution in [0.4, 0.5) is 4.39 Å².